The molecule has 0 radical (unpaired) electrons. The molecular formula is C19H25N5OS. The van der Waals surface area contributed by atoms with Crippen molar-refractivity contribution in [1.29, 1.82) is 0 Å². The molecule has 1 aliphatic heterocycles. The summed E-state index contributed by atoms with van der Waals surface area (Å²) in [7, 11) is 2.14. The molecule has 2 amide bonds. The number of urea groups is 1. The summed E-state index contributed by atoms with van der Waals surface area (Å²) in [5.74, 6) is 1.00. The van der Waals surface area contributed by atoms with Crippen molar-refractivity contribution in [3.05, 3.63) is 48.2 Å². The van der Waals surface area contributed by atoms with Crippen LogP contribution < -0.4 is 15.5 Å². The number of carbonyl (C=O) groups is 1. The average molecular weight is 372 g/mol. The number of thioether (sulfide) groups is 1. The van der Waals surface area contributed by atoms with Gasteiger partial charge in [0.1, 0.15) is 5.82 Å². The second-order valence-electron chi connectivity index (χ2n) is 6.32. The third-order valence-electron chi connectivity index (χ3n) is 4.44. The van der Waals surface area contributed by atoms with E-state index in [1.807, 2.05) is 48.9 Å². The zero-order valence-corrected chi connectivity index (χ0v) is 16.1. The molecule has 1 aliphatic rings. The highest BCUT2D eigenvalue weighted by molar-refractivity contribution is 7.98. The zero-order valence-electron chi connectivity index (χ0n) is 15.2. The second kappa shape index (κ2) is 8.91. The fraction of sp³-hybridized carbons (Fsp3) is 0.368. The number of nitrogens with zero attached hydrogens (tertiary/aromatic N) is 3. The Morgan fingerprint density at radius 2 is 1.92 bits per heavy atom. The van der Waals surface area contributed by atoms with Gasteiger partial charge in [0.15, 0.2) is 0 Å². The van der Waals surface area contributed by atoms with Gasteiger partial charge in [0.2, 0.25) is 0 Å². The molecule has 1 fully saturated rings. The molecule has 1 aromatic heterocycles. The number of piperazine rings is 1. The van der Waals surface area contributed by atoms with Crippen molar-refractivity contribution in [2.75, 3.05) is 49.7 Å². The molecule has 0 spiro atoms. The summed E-state index contributed by atoms with van der Waals surface area (Å²) in [5, 5.41) is 5.78. The molecule has 26 heavy (non-hydrogen) atoms. The van der Waals surface area contributed by atoms with E-state index in [0.29, 0.717) is 6.54 Å². The molecule has 0 atom stereocenters. The van der Waals surface area contributed by atoms with Gasteiger partial charge in [0.25, 0.3) is 0 Å². The molecule has 3 rings (SSSR count). The van der Waals surface area contributed by atoms with E-state index in [2.05, 4.69) is 32.5 Å². The molecule has 1 aromatic carbocycles. The second-order valence-corrected chi connectivity index (χ2v) is 7.17. The van der Waals surface area contributed by atoms with Crippen LogP contribution in [0.1, 0.15) is 5.56 Å². The number of benzene rings is 1. The minimum absolute atomic E-state index is 0.213. The Hall–Kier alpha value is -2.25. The summed E-state index contributed by atoms with van der Waals surface area (Å²) >= 11 is 1.61. The number of carbonyl (C=O) groups excluding carboxylic acids is 1. The summed E-state index contributed by atoms with van der Waals surface area (Å²) in [6.45, 7) is 4.56. The Morgan fingerprint density at radius 1 is 1.15 bits per heavy atom. The normalized spacial score (nSPS) is 14.9. The maximum atomic E-state index is 12.1. The van der Waals surface area contributed by atoms with Gasteiger partial charge in [-0.05, 0) is 37.1 Å². The number of aromatic nitrogens is 1. The van der Waals surface area contributed by atoms with Crippen molar-refractivity contribution >= 4 is 29.3 Å². The third kappa shape index (κ3) is 4.89. The van der Waals surface area contributed by atoms with E-state index in [4.69, 9.17) is 0 Å². The first kappa shape index (κ1) is 18.5. The largest absolute Gasteiger partial charge is 0.354 e. The van der Waals surface area contributed by atoms with Crippen LogP contribution in [0.5, 0.6) is 0 Å². The van der Waals surface area contributed by atoms with Crippen molar-refractivity contribution in [1.82, 2.24) is 15.2 Å². The summed E-state index contributed by atoms with van der Waals surface area (Å²) in [4.78, 5) is 22.3. The summed E-state index contributed by atoms with van der Waals surface area (Å²) in [6.07, 6.45) is 3.83. The lowest BCUT2D eigenvalue weighted by atomic mass is 10.2. The van der Waals surface area contributed by atoms with Crippen molar-refractivity contribution in [3.63, 3.8) is 0 Å². The first-order chi connectivity index (χ1) is 12.7. The molecule has 6 nitrogen and oxygen atoms in total. The molecule has 2 heterocycles. The average Bonchev–Trinajstić information content (AvgIpc) is 2.68. The Bertz CT molecular complexity index is 729. The molecule has 2 N–H and O–H groups in total. The Kier molecular flexibility index (Phi) is 6.35. The van der Waals surface area contributed by atoms with Crippen LogP contribution >= 0.6 is 11.8 Å². The fourth-order valence-electron chi connectivity index (χ4n) is 2.84. The van der Waals surface area contributed by atoms with Crippen molar-refractivity contribution in [3.8, 4) is 0 Å². The van der Waals surface area contributed by atoms with Crippen LogP contribution in [0, 0.1) is 0 Å². The van der Waals surface area contributed by atoms with Gasteiger partial charge in [0.05, 0.1) is 5.69 Å². The number of amides is 2. The van der Waals surface area contributed by atoms with E-state index in [0.717, 1.165) is 48.1 Å². The minimum atomic E-state index is -0.213. The van der Waals surface area contributed by atoms with E-state index in [9.17, 15) is 4.79 Å². The predicted octanol–water partition coefficient (Wildman–Crippen LogP) is 2.88. The Labute approximate surface area is 159 Å². The van der Waals surface area contributed by atoms with Crippen molar-refractivity contribution < 1.29 is 4.79 Å². The molecule has 0 aliphatic carbocycles. The Balaban J connectivity index is 1.50. The van der Waals surface area contributed by atoms with Crippen LogP contribution in [-0.2, 0) is 6.54 Å². The van der Waals surface area contributed by atoms with Gasteiger partial charge in [-0.15, -0.1) is 11.8 Å². The van der Waals surface area contributed by atoms with Crippen LogP contribution in [0.15, 0.2) is 47.5 Å². The number of anilines is 2. The highest BCUT2D eigenvalue weighted by Gasteiger charge is 2.15. The lowest BCUT2D eigenvalue weighted by Gasteiger charge is -2.33. The number of pyridine rings is 1. The number of para-hydroxylation sites is 1. The van der Waals surface area contributed by atoms with Gasteiger partial charge in [-0.3, -0.25) is 0 Å². The summed E-state index contributed by atoms with van der Waals surface area (Å²) in [6, 6.07) is 11.6. The lowest BCUT2D eigenvalue weighted by Crippen LogP contribution is -2.44. The fourth-order valence-corrected chi connectivity index (χ4v) is 3.39. The molecular weight excluding hydrogens is 346 g/mol. The molecule has 7 heteroatoms. The van der Waals surface area contributed by atoms with Crippen LogP contribution in [0.4, 0.5) is 16.3 Å². The first-order valence-electron chi connectivity index (χ1n) is 8.72. The highest BCUT2D eigenvalue weighted by Crippen LogP contribution is 2.24. The first-order valence-corrected chi connectivity index (χ1v) is 9.94. The van der Waals surface area contributed by atoms with Crippen LogP contribution in [0.3, 0.4) is 0 Å². The summed E-state index contributed by atoms with van der Waals surface area (Å²) in [5.41, 5.74) is 1.80. The van der Waals surface area contributed by atoms with Crippen molar-refractivity contribution in [2.45, 2.75) is 11.4 Å². The number of nitrogens with one attached hydrogen (secondary N) is 2. The molecule has 1 saturated heterocycles. The van der Waals surface area contributed by atoms with E-state index in [1.165, 1.54) is 0 Å². The van der Waals surface area contributed by atoms with Gasteiger partial charge in [-0.1, -0.05) is 18.2 Å². The quantitative estimate of drug-likeness (QED) is 0.792. The van der Waals surface area contributed by atoms with E-state index in [1.54, 1.807) is 11.8 Å². The van der Waals surface area contributed by atoms with E-state index >= 15 is 0 Å². The number of hydrogen-bond acceptors (Lipinski definition) is 5. The highest BCUT2D eigenvalue weighted by atomic mass is 32.2. The van der Waals surface area contributed by atoms with Crippen molar-refractivity contribution in [2.24, 2.45) is 0 Å². The molecule has 0 saturated carbocycles. The van der Waals surface area contributed by atoms with E-state index in [-0.39, 0.29) is 6.03 Å². The molecule has 138 valence electrons. The standard InChI is InChI=1S/C19H25N5OS/c1-23-9-11-24(12-10-23)18-8-7-15(13-20-18)14-21-19(25)22-16-5-3-4-6-17(16)26-2/h3-8,13H,9-12,14H2,1-2H3,(H2,21,22,25). The zero-order chi connectivity index (χ0) is 18.4. The monoisotopic (exact) mass is 371 g/mol. The SMILES string of the molecule is CSc1ccccc1NC(=O)NCc1ccc(N2CCN(C)CC2)nc1. The maximum absolute atomic E-state index is 12.1. The van der Waals surface area contributed by atoms with Crippen LogP contribution in [-0.4, -0.2) is 55.4 Å². The lowest BCUT2D eigenvalue weighted by molar-refractivity contribution is 0.251. The molecule has 0 unspecified atom stereocenters. The third-order valence-corrected chi connectivity index (χ3v) is 5.24. The van der Waals surface area contributed by atoms with Gasteiger partial charge >= 0.3 is 6.03 Å². The molecule has 0 bridgehead atoms. The summed E-state index contributed by atoms with van der Waals surface area (Å²) < 4.78 is 0. The van der Waals surface area contributed by atoms with E-state index < -0.39 is 0 Å². The number of rotatable bonds is 5. The van der Waals surface area contributed by atoms with Crippen LogP contribution in [0.2, 0.25) is 0 Å². The number of likely N-dealkylation sites (N-methyl/N-ethyl adjacent to an activating group) is 1. The topological polar surface area (TPSA) is 60.5 Å². The predicted molar refractivity (Wildman–Crippen MR) is 108 cm³/mol. The van der Waals surface area contributed by atoms with Gasteiger partial charge in [0, 0.05) is 43.8 Å². The van der Waals surface area contributed by atoms with Gasteiger partial charge < -0.3 is 20.4 Å². The Morgan fingerprint density at radius 3 is 2.62 bits per heavy atom. The number of hydrogen-bond donors (Lipinski definition) is 2. The minimum Gasteiger partial charge on any atom is -0.354 e. The smallest absolute Gasteiger partial charge is 0.319 e. The van der Waals surface area contributed by atoms with Gasteiger partial charge in [-0.2, -0.15) is 0 Å². The molecule has 2 aromatic rings. The maximum Gasteiger partial charge on any atom is 0.319 e. The van der Waals surface area contributed by atoms with Gasteiger partial charge in [-0.25, -0.2) is 9.78 Å². The van der Waals surface area contributed by atoms with Crippen LogP contribution in [0.25, 0.3) is 0 Å².